The highest BCUT2D eigenvalue weighted by atomic mass is 16.6. The van der Waals surface area contributed by atoms with Gasteiger partial charge in [0.05, 0.1) is 6.21 Å². The Morgan fingerprint density at radius 3 is 3.00 bits per heavy atom. The second-order valence-electron chi connectivity index (χ2n) is 1.53. The van der Waals surface area contributed by atoms with E-state index in [2.05, 4.69) is 16.9 Å². The zero-order valence-electron chi connectivity index (χ0n) is 3.72. The molecule has 34 valence electrons. The first kappa shape index (κ1) is 3.65. The monoisotopic (exact) mass is 85.1 g/mol. The first-order valence-electron chi connectivity index (χ1n) is 2.05. The van der Waals surface area contributed by atoms with Crippen molar-refractivity contribution in [3.8, 4) is 0 Å². The lowest BCUT2D eigenvalue weighted by Crippen LogP contribution is -1.93. The van der Waals surface area contributed by atoms with Gasteiger partial charge in [0.1, 0.15) is 6.61 Å². The van der Waals surface area contributed by atoms with Crippen molar-refractivity contribution in [2.75, 3.05) is 6.61 Å². The molecule has 0 N–H and O–H groups in total. The highest BCUT2D eigenvalue weighted by Gasteiger charge is 2.02. The minimum Gasteiger partial charge on any atom is -0.395 e. The lowest BCUT2D eigenvalue weighted by molar-refractivity contribution is 0.158. The maximum atomic E-state index is 4.63. The fourth-order valence-corrected chi connectivity index (χ4v) is 0.351. The van der Waals surface area contributed by atoms with Crippen molar-refractivity contribution in [3.05, 3.63) is 0 Å². The molecule has 2 nitrogen and oxygen atoms in total. The van der Waals surface area contributed by atoms with Gasteiger partial charge in [-0.1, -0.05) is 12.1 Å². The summed E-state index contributed by atoms with van der Waals surface area (Å²) in [6.07, 6.45) is 1.81. The molecule has 1 atom stereocenters. The lowest BCUT2D eigenvalue weighted by atomic mass is 10.2. The predicted octanol–water partition coefficient (Wildman–Crippen LogP) is 0.639. The van der Waals surface area contributed by atoms with E-state index < -0.39 is 0 Å². The van der Waals surface area contributed by atoms with Gasteiger partial charge in [0.25, 0.3) is 0 Å². The van der Waals surface area contributed by atoms with Crippen LogP contribution in [0.1, 0.15) is 6.92 Å². The molecule has 0 aromatic carbocycles. The third-order valence-electron chi connectivity index (χ3n) is 0.727. The maximum Gasteiger partial charge on any atom is 0.124 e. The molecule has 0 spiro atoms. The molecular formula is C4H7NO. The van der Waals surface area contributed by atoms with Crippen LogP contribution in [0.5, 0.6) is 0 Å². The molecule has 0 amide bonds. The highest BCUT2D eigenvalue weighted by molar-refractivity contribution is 5.60. The van der Waals surface area contributed by atoms with E-state index in [1.165, 1.54) is 0 Å². The Morgan fingerprint density at radius 1 is 2.00 bits per heavy atom. The molecule has 1 unspecified atom stereocenters. The molecule has 0 aliphatic carbocycles. The van der Waals surface area contributed by atoms with Crippen LogP contribution in [-0.4, -0.2) is 12.8 Å². The highest BCUT2D eigenvalue weighted by Crippen LogP contribution is 1.98. The van der Waals surface area contributed by atoms with Gasteiger partial charge in [-0.15, -0.1) is 0 Å². The van der Waals surface area contributed by atoms with Crippen LogP contribution in [0.15, 0.2) is 5.16 Å². The van der Waals surface area contributed by atoms with Gasteiger partial charge in [0.2, 0.25) is 0 Å². The third-order valence-corrected chi connectivity index (χ3v) is 0.727. The van der Waals surface area contributed by atoms with Gasteiger partial charge < -0.3 is 4.84 Å². The summed E-state index contributed by atoms with van der Waals surface area (Å²) in [5.41, 5.74) is 0. The summed E-state index contributed by atoms with van der Waals surface area (Å²) >= 11 is 0. The summed E-state index contributed by atoms with van der Waals surface area (Å²) in [6, 6.07) is 0. The van der Waals surface area contributed by atoms with E-state index in [9.17, 15) is 0 Å². The van der Waals surface area contributed by atoms with Gasteiger partial charge in [-0.25, -0.2) is 0 Å². The minimum absolute atomic E-state index is 0.532. The molecule has 0 bridgehead atoms. The molecule has 1 aliphatic rings. The molecule has 2 heteroatoms. The SMILES string of the molecule is CC1C=NOC1. The van der Waals surface area contributed by atoms with Gasteiger partial charge in [0, 0.05) is 5.92 Å². The summed E-state index contributed by atoms with van der Waals surface area (Å²) < 4.78 is 0. The Morgan fingerprint density at radius 2 is 2.83 bits per heavy atom. The Labute approximate surface area is 36.8 Å². The van der Waals surface area contributed by atoms with Gasteiger partial charge in [-0.3, -0.25) is 0 Å². The Balaban J connectivity index is 2.38. The van der Waals surface area contributed by atoms with Crippen LogP contribution in [0.2, 0.25) is 0 Å². The number of hydrogen-bond acceptors (Lipinski definition) is 2. The number of oxime groups is 1. The van der Waals surface area contributed by atoms with Crippen molar-refractivity contribution < 1.29 is 4.84 Å². The predicted molar refractivity (Wildman–Crippen MR) is 23.6 cm³/mol. The van der Waals surface area contributed by atoms with Crippen molar-refractivity contribution >= 4 is 6.21 Å². The molecule has 6 heavy (non-hydrogen) atoms. The zero-order chi connectivity index (χ0) is 4.41. The third kappa shape index (κ3) is 0.506. The van der Waals surface area contributed by atoms with Crippen LogP contribution in [-0.2, 0) is 4.84 Å². The van der Waals surface area contributed by atoms with E-state index in [4.69, 9.17) is 0 Å². The number of rotatable bonds is 0. The molecule has 1 aliphatic heterocycles. The van der Waals surface area contributed by atoms with Crippen LogP contribution in [0.4, 0.5) is 0 Å². The van der Waals surface area contributed by atoms with Gasteiger partial charge in [-0.05, 0) is 0 Å². The number of nitrogens with zero attached hydrogens (tertiary/aromatic N) is 1. The zero-order valence-corrected chi connectivity index (χ0v) is 3.72. The van der Waals surface area contributed by atoms with Crippen molar-refractivity contribution in [3.63, 3.8) is 0 Å². The van der Waals surface area contributed by atoms with Crippen LogP contribution >= 0.6 is 0 Å². The second-order valence-corrected chi connectivity index (χ2v) is 1.53. The smallest absolute Gasteiger partial charge is 0.124 e. The van der Waals surface area contributed by atoms with Crippen molar-refractivity contribution in [1.29, 1.82) is 0 Å². The average Bonchev–Trinajstić information content (AvgIpc) is 1.86. The normalized spacial score (nSPS) is 30.5. The molecule has 0 fully saturated rings. The fourth-order valence-electron chi connectivity index (χ4n) is 0.351. The Bertz CT molecular complexity index is 69.9. The van der Waals surface area contributed by atoms with E-state index >= 15 is 0 Å². The van der Waals surface area contributed by atoms with E-state index in [0.717, 1.165) is 6.61 Å². The van der Waals surface area contributed by atoms with E-state index in [1.807, 2.05) is 0 Å². The van der Waals surface area contributed by atoms with Gasteiger partial charge in [-0.2, -0.15) is 0 Å². The standard InChI is InChI=1S/C4H7NO/c1-4-2-5-6-3-4/h2,4H,3H2,1H3. The lowest BCUT2D eigenvalue weighted by Gasteiger charge is -1.86. The summed E-state index contributed by atoms with van der Waals surface area (Å²) in [4.78, 5) is 4.63. The van der Waals surface area contributed by atoms with Gasteiger partial charge in [0.15, 0.2) is 0 Å². The van der Waals surface area contributed by atoms with Crippen LogP contribution in [0, 0.1) is 5.92 Å². The minimum atomic E-state index is 0.532. The summed E-state index contributed by atoms with van der Waals surface area (Å²) in [6.45, 7) is 2.83. The van der Waals surface area contributed by atoms with Crippen LogP contribution in [0.3, 0.4) is 0 Å². The van der Waals surface area contributed by atoms with Crippen LogP contribution < -0.4 is 0 Å². The first-order valence-corrected chi connectivity index (χ1v) is 2.05. The average molecular weight is 85.1 g/mol. The molecule has 0 radical (unpaired) electrons. The summed E-state index contributed by atoms with van der Waals surface area (Å²) in [5.74, 6) is 0.532. The molecule has 0 aromatic heterocycles. The Kier molecular flexibility index (Phi) is 0.783. The molecule has 0 saturated heterocycles. The van der Waals surface area contributed by atoms with Crippen molar-refractivity contribution in [2.24, 2.45) is 11.1 Å². The fraction of sp³-hybridized carbons (Fsp3) is 0.750. The molecule has 1 heterocycles. The van der Waals surface area contributed by atoms with Crippen molar-refractivity contribution in [1.82, 2.24) is 0 Å². The second kappa shape index (κ2) is 1.29. The molecule has 0 saturated carbocycles. The largest absolute Gasteiger partial charge is 0.395 e. The topological polar surface area (TPSA) is 21.6 Å². The maximum absolute atomic E-state index is 4.63. The summed E-state index contributed by atoms with van der Waals surface area (Å²) in [5, 5.41) is 3.54. The quantitative estimate of drug-likeness (QED) is 0.423. The molecular weight excluding hydrogens is 78.0 g/mol. The van der Waals surface area contributed by atoms with E-state index in [0.29, 0.717) is 5.92 Å². The molecule has 0 aromatic rings. The van der Waals surface area contributed by atoms with E-state index in [1.54, 1.807) is 6.21 Å². The first-order chi connectivity index (χ1) is 2.89. The molecule has 1 rings (SSSR count). The number of hydrogen-bond donors (Lipinski definition) is 0. The Hall–Kier alpha value is -0.530. The van der Waals surface area contributed by atoms with Crippen LogP contribution in [0.25, 0.3) is 0 Å². The summed E-state index contributed by atoms with van der Waals surface area (Å²) in [7, 11) is 0. The van der Waals surface area contributed by atoms with Crippen molar-refractivity contribution in [2.45, 2.75) is 6.92 Å². The van der Waals surface area contributed by atoms with E-state index in [-0.39, 0.29) is 0 Å². The van der Waals surface area contributed by atoms with Gasteiger partial charge >= 0.3 is 0 Å².